The van der Waals surface area contributed by atoms with Gasteiger partial charge in [0, 0.05) is 11.8 Å². The van der Waals surface area contributed by atoms with Gasteiger partial charge in [-0.1, -0.05) is 60.7 Å². The number of rotatable bonds is 2. The van der Waals surface area contributed by atoms with Gasteiger partial charge in [-0.25, -0.2) is 4.99 Å². The maximum atomic E-state index is 5.92. The van der Waals surface area contributed by atoms with Crippen LogP contribution >= 0.6 is 0 Å². The highest BCUT2D eigenvalue weighted by molar-refractivity contribution is 5.99. The van der Waals surface area contributed by atoms with E-state index in [0.29, 0.717) is 5.84 Å². The molecule has 0 aromatic heterocycles. The smallest absolute Gasteiger partial charge is 0.147 e. The summed E-state index contributed by atoms with van der Waals surface area (Å²) in [5.41, 5.74) is 9.14. The predicted molar refractivity (Wildman–Crippen MR) is 78.4 cm³/mol. The van der Waals surface area contributed by atoms with Gasteiger partial charge in [-0.2, -0.15) is 0 Å². The Bertz CT molecular complexity index is 615. The SMILES string of the molecule is NC1=NC(c2ccccc2)NC(c2ccccc2)=C1. The Morgan fingerprint density at radius 3 is 2.21 bits per heavy atom. The van der Waals surface area contributed by atoms with Gasteiger partial charge in [0.2, 0.25) is 0 Å². The minimum atomic E-state index is -0.124. The molecule has 1 aliphatic heterocycles. The van der Waals surface area contributed by atoms with Gasteiger partial charge in [-0.3, -0.25) is 0 Å². The van der Waals surface area contributed by atoms with Crippen molar-refractivity contribution in [3.63, 3.8) is 0 Å². The zero-order valence-corrected chi connectivity index (χ0v) is 10.5. The number of benzene rings is 2. The van der Waals surface area contributed by atoms with Crippen LogP contribution in [0.15, 0.2) is 71.7 Å². The summed E-state index contributed by atoms with van der Waals surface area (Å²) < 4.78 is 0. The molecule has 19 heavy (non-hydrogen) atoms. The summed E-state index contributed by atoms with van der Waals surface area (Å²) >= 11 is 0. The summed E-state index contributed by atoms with van der Waals surface area (Å²) in [5, 5.41) is 3.41. The first-order chi connectivity index (χ1) is 9.33. The molecular formula is C16H15N3. The van der Waals surface area contributed by atoms with Crippen molar-refractivity contribution in [1.29, 1.82) is 0 Å². The Balaban J connectivity index is 1.92. The Morgan fingerprint density at radius 2 is 1.53 bits per heavy atom. The van der Waals surface area contributed by atoms with Crippen LogP contribution in [0.1, 0.15) is 17.3 Å². The zero-order valence-electron chi connectivity index (χ0n) is 10.5. The van der Waals surface area contributed by atoms with Crippen LogP contribution in [0.25, 0.3) is 5.70 Å². The summed E-state index contributed by atoms with van der Waals surface area (Å²) in [6.45, 7) is 0. The second-order valence-corrected chi connectivity index (χ2v) is 4.44. The standard InChI is InChI=1S/C16H15N3/c17-15-11-14(12-7-3-1-4-8-12)18-16(19-15)13-9-5-2-6-10-13/h1-11,16,18H,(H2,17,19). The van der Waals surface area contributed by atoms with Crippen molar-refractivity contribution in [2.45, 2.75) is 6.17 Å². The number of nitrogens with one attached hydrogen (secondary N) is 1. The van der Waals surface area contributed by atoms with E-state index in [0.717, 1.165) is 16.8 Å². The highest BCUT2D eigenvalue weighted by Gasteiger charge is 2.16. The Morgan fingerprint density at radius 1 is 0.895 bits per heavy atom. The third-order valence-electron chi connectivity index (χ3n) is 3.06. The Labute approximate surface area is 112 Å². The van der Waals surface area contributed by atoms with Gasteiger partial charge >= 0.3 is 0 Å². The number of aliphatic imine (C=N–C) groups is 1. The lowest BCUT2D eigenvalue weighted by Crippen LogP contribution is -2.27. The summed E-state index contributed by atoms with van der Waals surface area (Å²) in [7, 11) is 0. The lowest BCUT2D eigenvalue weighted by molar-refractivity contribution is 0.662. The second-order valence-electron chi connectivity index (χ2n) is 4.44. The number of hydrogen-bond donors (Lipinski definition) is 2. The van der Waals surface area contributed by atoms with E-state index in [1.807, 2.05) is 54.6 Å². The maximum Gasteiger partial charge on any atom is 0.147 e. The molecule has 94 valence electrons. The van der Waals surface area contributed by atoms with E-state index in [9.17, 15) is 0 Å². The van der Waals surface area contributed by atoms with E-state index in [4.69, 9.17) is 5.73 Å². The van der Waals surface area contributed by atoms with Gasteiger partial charge in [0.25, 0.3) is 0 Å². The van der Waals surface area contributed by atoms with E-state index in [1.54, 1.807) is 0 Å². The molecule has 0 radical (unpaired) electrons. The molecular weight excluding hydrogens is 234 g/mol. The number of nitrogens with zero attached hydrogens (tertiary/aromatic N) is 1. The summed E-state index contributed by atoms with van der Waals surface area (Å²) in [6.07, 6.45) is 1.75. The molecule has 2 aromatic carbocycles. The van der Waals surface area contributed by atoms with Crippen LogP contribution in [0.2, 0.25) is 0 Å². The first kappa shape index (κ1) is 11.5. The molecule has 0 bridgehead atoms. The second kappa shape index (κ2) is 4.98. The molecule has 3 N–H and O–H groups in total. The topological polar surface area (TPSA) is 50.4 Å². The zero-order chi connectivity index (χ0) is 13.1. The molecule has 1 atom stereocenters. The largest absolute Gasteiger partial charge is 0.384 e. The minimum absolute atomic E-state index is 0.124. The van der Waals surface area contributed by atoms with Crippen molar-refractivity contribution < 1.29 is 0 Å². The predicted octanol–water partition coefficient (Wildman–Crippen LogP) is 2.69. The molecule has 0 saturated carbocycles. The third-order valence-corrected chi connectivity index (χ3v) is 3.06. The van der Waals surface area contributed by atoms with Gasteiger partial charge < -0.3 is 11.1 Å². The molecule has 0 spiro atoms. The third kappa shape index (κ3) is 2.50. The molecule has 1 heterocycles. The lowest BCUT2D eigenvalue weighted by Gasteiger charge is -2.23. The van der Waals surface area contributed by atoms with Crippen LogP contribution in [0.4, 0.5) is 0 Å². The van der Waals surface area contributed by atoms with Crippen molar-refractivity contribution >= 4 is 11.5 Å². The van der Waals surface area contributed by atoms with Crippen LogP contribution in [-0.2, 0) is 0 Å². The number of amidine groups is 1. The molecule has 1 unspecified atom stereocenters. The van der Waals surface area contributed by atoms with Gasteiger partial charge in [0.05, 0.1) is 0 Å². The first-order valence-corrected chi connectivity index (χ1v) is 6.25. The number of hydrogen-bond acceptors (Lipinski definition) is 3. The van der Waals surface area contributed by atoms with Crippen molar-refractivity contribution in [1.82, 2.24) is 5.32 Å². The fourth-order valence-electron chi connectivity index (χ4n) is 2.13. The van der Waals surface area contributed by atoms with Crippen LogP contribution in [-0.4, -0.2) is 5.84 Å². The molecule has 0 saturated heterocycles. The number of nitrogens with two attached hydrogens (primary N) is 1. The van der Waals surface area contributed by atoms with Gasteiger partial charge in [0.1, 0.15) is 12.0 Å². The summed E-state index contributed by atoms with van der Waals surface area (Å²) in [4.78, 5) is 4.44. The van der Waals surface area contributed by atoms with E-state index in [-0.39, 0.29) is 6.17 Å². The van der Waals surface area contributed by atoms with Gasteiger partial charge in [-0.05, 0) is 11.1 Å². The molecule has 0 aliphatic carbocycles. The summed E-state index contributed by atoms with van der Waals surface area (Å²) in [5.74, 6) is 0.548. The van der Waals surface area contributed by atoms with Crippen LogP contribution in [0, 0.1) is 0 Å². The van der Waals surface area contributed by atoms with Gasteiger partial charge in [0.15, 0.2) is 0 Å². The Hall–Kier alpha value is -2.55. The van der Waals surface area contributed by atoms with Crippen molar-refractivity contribution in [3.05, 3.63) is 77.9 Å². The monoisotopic (exact) mass is 249 g/mol. The molecule has 3 nitrogen and oxygen atoms in total. The molecule has 2 aromatic rings. The van der Waals surface area contributed by atoms with E-state index in [1.165, 1.54) is 0 Å². The van der Waals surface area contributed by atoms with Crippen molar-refractivity contribution in [2.75, 3.05) is 0 Å². The fraction of sp³-hybridized carbons (Fsp3) is 0.0625. The molecule has 3 rings (SSSR count). The average molecular weight is 249 g/mol. The van der Waals surface area contributed by atoms with Gasteiger partial charge in [-0.15, -0.1) is 0 Å². The van der Waals surface area contributed by atoms with E-state index < -0.39 is 0 Å². The minimum Gasteiger partial charge on any atom is -0.384 e. The van der Waals surface area contributed by atoms with E-state index in [2.05, 4.69) is 22.4 Å². The van der Waals surface area contributed by atoms with E-state index >= 15 is 0 Å². The Kier molecular flexibility index (Phi) is 3.02. The van der Waals surface area contributed by atoms with Crippen LogP contribution < -0.4 is 11.1 Å². The molecule has 3 heteroatoms. The fourth-order valence-corrected chi connectivity index (χ4v) is 2.13. The normalized spacial score (nSPS) is 18.2. The highest BCUT2D eigenvalue weighted by atomic mass is 15.1. The van der Waals surface area contributed by atoms with Crippen molar-refractivity contribution in [2.24, 2.45) is 10.7 Å². The first-order valence-electron chi connectivity index (χ1n) is 6.25. The highest BCUT2D eigenvalue weighted by Crippen LogP contribution is 2.23. The van der Waals surface area contributed by atoms with Crippen LogP contribution in [0.3, 0.4) is 0 Å². The molecule has 0 fully saturated rings. The average Bonchev–Trinajstić information content (AvgIpc) is 2.48. The van der Waals surface area contributed by atoms with Crippen molar-refractivity contribution in [3.8, 4) is 0 Å². The quantitative estimate of drug-likeness (QED) is 0.859. The lowest BCUT2D eigenvalue weighted by atomic mass is 10.1. The maximum absolute atomic E-state index is 5.92. The van der Waals surface area contributed by atoms with Crippen LogP contribution in [0.5, 0.6) is 0 Å². The summed E-state index contributed by atoms with van der Waals surface area (Å²) in [6, 6.07) is 20.2. The molecule has 0 amide bonds. The molecule has 1 aliphatic rings.